The normalized spacial score (nSPS) is 12.9. The second kappa shape index (κ2) is 4.69. The molecule has 0 aromatic heterocycles. The van der Waals surface area contributed by atoms with Crippen LogP contribution in [-0.4, -0.2) is 5.11 Å². The Labute approximate surface area is 99.3 Å². The van der Waals surface area contributed by atoms with Crippen molar-refractivity contribution in [1.29, 1.82) is 0 Å². The lowest BCUT2D eigenvalue weighted by atomic mass is 9.93. The van der Waals surface area contributed by atoms with Crippen LogP contribution in [0, 0.1) is 0 Å². The average molecular weight is 246 g/mol. The van der Waals surface area contributed by atoms with Gasteiger partial charge in [-0.3, -0.25) is 0 Å². The number of alkyl halides is 3. The topological polar surface area (TPSA) is 20.2 Å². The Kier molecular flexibility index (Phi) is 3.87. The van der Waals surface area contributed by atoms with Crippen LogP contribution in [-0.2, 0) is 18.2 Å². The van der Waals surface area contributed by atoms with Crippen molar-refractivity contribution in [3.63, 3.8) is 0 Å². The summed E-state index contributed by atoms with van der Waals surface area (Å²) in [6.45, 7) is 4.88. The molecule has 0 aliphatic carbocycles. The molecule has 0 heterocycles. The standard InChI is InChI=1S/C13H17F3O/c1-4-5-9-6-10(12(2,3)17)8-11(7-9)13(14,15)16/h6-8,17H,4-5H2,1-3H3. The molecule has 0 amide bonds. The van der Waals surface area contributed by atoms with Crippen molar-refractivity contribution in [2.75, 3.05) is 0 Å². The zero-order valence-corrected chi connectivity index (χ0v) is 10.2. The van der Waals surface area contributed by atoms with Crippen LogP contribution in [0.15, 0.2) is 18.2 Å². The zero-order chi connectivity index (χ0) is 13.3. The second-order valence-electron chi connectivity index (χ2n) is 4.73. The SMILES string of the molecule is CCCc1cc(C(C)(C)O)cc(C(F)(F)F)c1. The van der Waals surface area contributed by atoms with Crippen molar-refractivity contribution in [2.24, 2.45) is 0 Å². The number of benzene rings is 1. The van der Waals surface area contributed by atoms with Crippen molar-refractivity contribution >= 4 is 0 Å². The van der Waals surface area contributed by atoms with E-state index in [9.17, 15) is 18.3 Å². The maximum atomic E-state index is 12.7. The first-order chi connectivity index (χ1) is 7.64. The summed E-state index contributed by atoms with van der Waals surface area (Å²) in [6.07, 6.45) is -3.02. The van der Waals surface area contributed by atoms with Gasteiger partial charge >= 0.3 is 6.18 Å². The van der Waals surface area contributed by atoms with E-state index in [1.165, 1.54) is 13.8 Å². The van der Waals surface area contributed by atoms with Gasteiger partial charge in [0.05, 0.1) is 11.2 Å². The van der Waals surface area contributed by atoms with Crippen molar-refractivity contribution in [3.05, 3.63) is 34.9 Å². The van der Waals surface area contributed by atoms with Crippen molar-refractivity contribution in [3.8, 4) is 0 Å². The van der Waals surface area contributed by atoms with Gasteiger partial charge in [0.25, 0.3) is 0 Å². The Morgan fingerprint density at radius 2 is 1.59 bits per heavy atom. The van der Waals surface area contributed by atoms with Gasteiger partial charge in [-0.15, -0.1) is 0 Å². The summed E-state index contributed by atoms with van der Waals surface area (Å²) < 4.78 is 38.1. The van der Waals surface area contributed by atoms with E-state index in [0.717, 1.165) is 18.6 Å². The molecule has 1 rings (SSSR count). The predicted molar refractivity (Wildman–Crippen MR) is 60.7 cm³/mol. The molecule has 0 saturated carbocycles. The lowest BCUT2D eigenvalue weighted by Gasteiger charge is -2.21. The van der Waals surface area contributed by atoms with Crippen LogP contribution in [0.5, 0.6) is 0 Å². The third-order valence-corrected chi connectivity index (χ3v) is 2.57. The molecule has 0 fully saturated rings. The summed E-state index contributed by atoms with van der Waals surface area (Å²) in [5, 5.41) is 9.80. The highest BCUT2D eigenvalue weighted by Crippen LogP contribution is 2.33. The van der Waals surface area contributed by atoms with Crippen molar-refractivity contribution < 1.29 is 18.3 Å². The molecule has 1 aromatic carbocycles. The van der Waals surface area contributed by atoms with E-state index < -0.39 is 17.3 Å². The van der Waals surface area contributed by atoms with Gasteiger partial charge in [0.1, 0.15) is 0 Å². The van der Waals surface area contributed by atoms with E-state index in [1.54, 1.807) is 6.07 Å². The van der Waals surface area contributed by atoms with Crippen LogP contribution in [0.4, 0.5) is 13.2 Å². The van der Waals surface area contributed by atoms with Gasteiger partial charge in [0, 0.05) is 0 Å². The third kappa shape index (κ3) is 3.73. The number of aliphatic hydroxyl groups is 1. The van der Waals surface area contributed by atoms with Gasteiger partial charge in [-0.2, -0.15) is 13.2 Å². The van der Waals surface area contributed by atoms with Gasteiger partial charge in [-0.05, 0) is 43.5 Å². The minimum Gasteiger partial charge on any atom is -0.386 e. The van der Waals surface area contributed by atoms with Crippen LogP contribution in [0.25, 0.3) is 0 Å². The van der Waals surface area contributed by atoms with E-state index in [2.05, 4.69) is 0 Å². The molecule has 1 nitrogen and oxygen atoms in total. The lowest BCUT2D eigenvalue weighted by molar-refractivity contribution is -0.137. The molecule has 1 aromatic rings. The molecule has 17 heavy (non-hydrogen) atoms. The first kappa shape index (κ1) is 14.0. The predicted octanol–water partition coefficient (Wildman–Crippen LogP) is 3.89. The van der Waals surface area contributed by atoms with E-state index >= 15 is 0 Å². The quantitative estimate of drug-likeness (QED) is 0.858. The summed E-state index contributed by atoms with van der Waals surface area (Å²) in [5.41, 5.74) is -1.04. The number of hydrogen-bond donors (Lipinski definition) is 1. The maximum absolute atomic E-state index is 12.7. The highest BCUT2D eigenvalue weighted by Gasteiger charge is 2.32. The summed E-state index contributed by atoms with van der Waals surface area (Å²) in [6, 6.07) is 3.80. The van der Waals surface area contributed by atoms with E-state index in [4.69, 9.17) is 0 Å². The van der Waals surface area contributed by atoms with Gasteiger partial charge in [0.15, 0.2) is 0 Å². The minimum absolute atomic E-state index is 0.302. The zero-order valence-electron chi connectivity index (χ0n) is 10.2. The summed E-state index contributed by atoms with van der Waals surface area (Å²) in [4.78, 5) is 0. The highest BCUT2D eigenvalue weighted by atomic mass is 19.4. The van der Waals surface area contributed by atoms with Gasteiger partial charge in [-0.1, -0.05) is 19.4 Å². The molecule has 0 spiro atoms. The molecule has 0 saturated heterocycles. The molecule has 1 N–H and O–H groups in total. The molecule has 0 aliphatic heterocycles. The Hall–Kier alpha value is -1.03. The summed E-state index contributed by atoms with van der Waals surface area (Å²) >= 11 is 0. The molecule has 96 valence electrons. The van der Waals surface area contributed by atoms with E-state index in [0.29, 0.717) is 17.5 Å². The first-order valence-electron chi connectivity index (χ1n) is 5.58. The fourth-order valence-corrected chi connectivity index (χ4v) is 1.64. The van der Waals surface area contributed by atoms with Crippen LogP contribution >= 0.6 is 0 Å². The molecule has 0 aliphatic rings. The molecular formula is C13H17F3O. The molecule has 0 unspecified atom stereocenters. The van der Waals surface area contributed by atoms with Crippen LogP contribution < -0.4 is 0 Å². The molecule has 0 bridgehead atoms. The number of hydrogen-bond acceptors (Lipinski definition) is 1. The Morgan fingerprint density at radius 3 is 2.00 bits per heavy atom. The number of aryl methyl sites for hydroxylation is 1. The smallest absolute Gasteiger partial charge is 0.386 e. The van der Waals surface area contributed by atoms with Crippen LogP contribution in [0.3, 0.4) is 0 Å². The number of rotatable bonds is 3. The fourth-order valence-electron chi connectivity index (χ4n) is 1.64. The van der Waals surface area contributed by atoms with Gasteiger partial charge in [-0.25, -0.2) is 0 Å². The van der Waals surface area contributed by atoms with Crippen molar-refractivity contribution in [1.82, 2.24) is 0 Å². The molecule has 0 atom stereocenters. The minimum atomic E-state index is -4.37. The largest absolute Gasteiger partial charge is 0.416 e. The number of halogens is 3. The molecule has 4 heteroatoms. The van der Waals surface area contributed by atoms with Gasteiger partial charge in [0.2, 0.25) is 0 Å². The fraction of sp³-hybridized carbons (Fsp3) is 0.538. The molecular weight excluding hydrogens is 229 g/mol. The second-order valence-corrected chi connectivity index (χ2v) is 4.73. The molecule has 0 radical (unpaired) electrons. The highest BCUT2D eigenvalue weighted by molar-refractivity contribution is 5.34. The first-order valence-corrected chi connectivity index (χ1v) is 5.58. The maximum Gasteiger partial charge on any atom is 0.416 e. The summed E-state index contributed by atoms with van der Waals surface area (Å²) in [7, 11) is 0. The third-order valence-electron chi connectivity index (χ3n) is 2.57. The van der Waals surface area contributed by atoms with Crippen LogP contribution in [0.1, 0.15) is 43.9 Å². The lowest BCUT2D eigenvalue weighted by Crippen LogP contribution is -2.18. The van der Waals surface area contributed by atoms with Crippen molar-refractivity contribution in [2.45, 2.75) is 45.4 Å². The van der Waals surface area contributed by atoms with E-state index in [1.807, 2.05) is 6.92 Å². The summed E-state index contributed by atoms with van der Waals surface area (Å²) in [5.74, 6) is 0. The average Bonchev–Trinajstić information content (AvgIpc) is 2.15. The van der Waals surface area contributed by atoms with E-state index in [-0.39, 0.29) is 0 Å². The Morgan fingerprint density at radius 1 is 1.06 bits per heavy atom. The Balaban J connectivity index is 3.29. The van der Waals surface area contributed by atoms with Crippen LogP contribution in [0.2, 0.25) is 0 Å². The Bertz CT molecular complexity index is 356. The monoisotopic (exact) mass is 246 g/mol. The van der Waals surface area contributed by atoms with Gasteiger partial charge < -0.3 is 5.11 Å².